The fraction of sp³-hybridized carbons (Fsp3) is 0.250. The molecule has 0 aliphatic carbocycles. The summed E-state index contributed by atoms with van der Waals surface area (Å²) in [5.74, 6) is 1.14. The fourth-order valence-corrected chi connectivity index (χ4v) is 2.03. The van der Waals surface area contributed by atoms with E-state index in [2.05, 4.69) is 5.32 Å². The van der Waals surface area contributed by atoms with Gasteiger partial charge in [-0.25, -0.2) is 4.39 Å². The highest BCUT2D eigenvalue weighted by Crippen LogP contribution is 2.30. The summed E-state index contributed by atoms with van der Waals surface area (Å²) in [7, 11) is 4.98. The Bertz CT molecular complexity index is 577. The van der Waals surface area contributed by atoms with Crippen molar-refractivity contribution >= 4 is 0 Å². The summed E-state index contributed by atoms with van der Waals surface area (Å²) in [6.45, 7) is 0.507. The Balaban J connectivity index is 2.42. The molecular weight excluding hydrogens is 257 g/mol. The molecule has 20 heavy (non-hydrogen) atoms. The van der Waals surface area contributed by atoms with E-state index >= 15 is 0 Å². The average molecular weight is 275 g/mol. The molecule has 2 aromatic rings. The van der Waals surface area contributed by atoms with Gasteiger partial charge in [-0.05, 0) is 36.4 Å². The highest BCUT2D eigenvalue weighted by atomic mass is 19.1. The van der Waals surface area contributed by atoms with E-state index in [0.29, 0.717) is 23.6 Å². The molecule has 0 aliphatic heterocycles. The van der Waals surface area contributed by atoms with Crippen LogP contribution in [-0.2, 0) is 6.54 Å². The molecule has 2 aromatic carbocycles. The van der Waals surface area contributed by atoms with Crippen molar-refractivity contribution in [2.24, 2.45) is 0 Å². The van der Waals surface area contributed by atoms with Crippen LogP contribution < -0.4 is 14.8 Å². The summed E-state index contributed by atoms with van der Waals surface area (Å²) in [5, 5.41) is 2.94. The molecule has 1 N–H and O–H groups in total. The van der Waals surface area contributed by atoms with Crippen LogP contribution in [0.5, 0.6) is 11.5 Å². The van der Waals surface area contributed by atoms with Crippen molar-refractivity contribution in [2.45, 2.75) is 6.54 Å². The van der Waals surface area contributed by atoms with E-state index < -0.39 is 0 Å². The van der Waals surface area contributed by atoms with E-state index in [-0.39, 0.29) is 5.82 Å². The number of benzene rings is 2. The molecule has 3 nitrogen and oxygen atoms in total. The van der Waals surface area contributed by atoms with Gasteiger partial charge in [0.25, 0.3) is 0 Å². The van der Waals surface area contributed by atoms with Crippen molar-refractivity contribution in [1.82, 2.24) is 5.32 Å². The molecule has 0 aromatic heterocycles. The molecule has 0 bridgehead atoms. The van der Waals surface area contributed by atoms with Crippen molar-refractivity contribution in [3.05, 3.63) is 47.8 Å². The second kappa shape index (κ2) is 6.39. The van der Waals surface area contributed by atoms with E-state index in [9.17, 15) is 4.39 Å². The van der Waals surface area contributed by atoms with E-state index in [1.54, 1.807) is 33.4 Å². The third-order valence-electron chi connectivity index (χ3n) is 3.11. The summed E-state index contributed by atoms with van der Waals surface area (Å²) in [6.07, 6.45) is 0. The van der Waals surface area contributed by atoms with Gasteiger partial charge >= 0.3 is 0 Å². The molecule has 0 saturated carbocycles. The van der Waals surface area contributed by atoms with Crippen LogP contribution in [0.15, 0.2) is 36.4 Å². The first-order valence-corrected chi connectivity index (χ1v) is 6.34. The topological polar surface area (TPSA) is 30.5 Å². The Labute approximate surface area is 118 Å². The third kappa shape index (κ3) is 3.08. The lowest BCUT2D eigenvalue weighted by Gasteiger charge is -2.10. The maximum Gasteiger partial charge on any atom is 0.128 e. The summed E-state index contributed by atoms with van der Waals surface area (Å²) < 4.78 is 24.4. The smallest absolute Gasteiger partial charge is 0.128 e. The molecule has 0 atom stereocenters. The summed E-state index contributed by atoms with van der Waals surface area (Å²) in [5.41, 5.74) is 2.29. The first-order valence-electron chi connectivity index (χ1n) is 6.34. The number of hydrogen-bond donors (Lipinski definition) is 1. The van der Waals surface area contributed by atoms with Crippen LogP contribution in [0.3, 0.4) is 0 Å². The third-order valence-corrected chi connectivity index (χ3v) is 3.11. The van der Waals surface area contributed by atoms with Crippen LogP contribution in [0.4, 0.5) is 4.39 Å². The van der Waals surface area contributed by atoms with Crippen LogP contribution in [-0.4, -0.2) is 21.3 Å². The van der Waals surface area contributed by atoms with Crippen LogP contribution in [0.2, 0.25) is 0 Å². The normalized spacial score (nSPS) is 10.4. The van der Waals surface area contributed by atoms with Gasteiger partial charge in [0, 0.05) is 18.2 Å². The van der Waals surface area contributed by atoms with Gasteiger partial charge in [-0.1, -0.05) is 12.1 Å². The van der Waals surface area contributed by atoms with Gasteiger partial charge in [0.05, 0.1) is 14.2 Å². The van der Waals surface area contributed by atoms with Crippen molar-refractivity contribution in [1.29, 1.82) is 0 Å². The molecule has 0 saturated heterocycles. The van der Waals surface area contributed by atoms with Crippen molar-refractivity contribution in [3.63, 3.8) is 0 Å². The standard InChI is InChI=1S/C16H18FNO2/c1-18-10-12-5-4-11(8-16(12)17)13-6-14(19-2)9-15(7-13)20-3/h4-9,18H,10H2,1-3H3. The van der Waals surface area contributed by atoms with Gasteiger partial charge in [0.2, 0.25) is 0 Å². The quantitative estimate of drug-likeness (QED) is 0.908. The number of ether oxygens (including phenoxy) is 2. The monoisotopic (exact) mass is 275 g/mol. The molecule has 0 spiro atoms. The zero-order chi connectivity index (χ0) is 14.5. The van der Waals surface area contributed by atoms with Gasteiger partial charge < -0.3 is 14.8 Å². The zero-order valence-electron chi connectivity index (χ0n) is 11.9. The summed E-state index contributed by atoms with van der Waals surface area (Å²) >= 11 is 0. The molecule has 0 unspecified atom stereocenters. The Kier molecular flexibility index (Phi) is 4.58. The van der Waals surface area contributed by atoms with Crippen molar-refractivity contribution in [2.75, 3.05) is 21.3 Å². The Hall–Kier alpha value is -2.07. The molecule has 0 amide bonds. The number of halogens is 1. The first-order chi connectivity index (χ1) is 9.67. The van der Waals surface area contributed by atoms with Crippen LogP contribution in [0.25, 0.3) is 11.1 Å². The molecule has 0 fully saturated rings. The summed E-state index contributed by atoms with van der Waals surface area (Å²) in [4.78, 5) is 0. The van der Waals surface area contributed by atoms with Crippen LogP contribution in [0.1, 0.15) is 5.56 Å². The maximum atomic E-state index is 14.0. The van der Waals surface area contributed by atoms with E-state index in [0.717, 1.165) is 11.1 Å². The van der Waals surface area contributed by atoms with Crippen LogP contribution in [0, 0.1) is 5.82 Å². The lowest BCUT2D eigenvalue weighted by atomic mass is 10.0. The lowest BCUT2D eigenvalue weighted by molar-refractivity contribution is 0.394. The Morgan fingerprint density at radius 2 is 1.60 bits per heavy atom. The van der Waals surface area contributed by atoms with E-state index in [1.807, 2.05) is 18.2 Å². The largest absolute Gasteiger partial charge is 0.497 e. The fourth-order valence-electron chi connectivity index (χ4n) is 2.03. The second-order valence-electron chi connectivity index (χ2n) is 4.44. The molecule has 4 heteroatoms. The lowest BCUT2D eigenvalue weighted by Crippen LogP contribution is -2.06. The zero-order valence-corrected chi connectivity index (χ0v) is 11.9. The molecule has 0 heterocycles. The number of methoxy groups -OCH3 is 2. The SMILES string of the molecule is CNCc1ccc(-c2cc(OC)cc(OC)c2)cc1F. The van der Waals surface area contributed by atoms with E-state index in [1.165, 1.54) is 6.07 Å². The van der Waals surface area contributed by atoms with Gasteiger partial charge in [-0.15, -0.1) is 0 Å². The number of hydrogen-bond acceptors (Lipinski definition) is 3. The van der Waals surface area contributed by atoms with Crippen molar-refractivity contribution < 1.29 is 13.9 Å². The minimum absolute atomic E-state index is 0.223. The Morgan fingerprint density at radius 1 is 0.950 bits per heavy atom. The summed E-state index contributed by atoms with van der Waals surface area (Å²) in [6, 6.07) is 10.7. The highest BCUT2D eigenvalue weighted by molar-refractivity contribution is 5.67. The molecule has 106 valence electrons. The van der Waals surface area contributed by atoms with E-state index in [4.69, 9.17) is 9.47 Å². The predicted octanol–water partition coefficient (Wildman–Crippen LogP) is 3.23. The predicted molar refractivity (Wildman–Crippen MR) is 77.7 cm³/mol. The minimum Gasteiger partial charge on any atom is -0.497 e. The highest BCUT2D eigenvalue weighted by Gasteiger charge is 2.07. The van der Waals surface area contributed by atoms with Gasteiger partial charge in [-0.2, -0.15) is 0 Å². The minimum atomic E-state index is -0.223. The van der Waals surface area contributed by atoms with Gasteiger partial charge in [0.15, 0.2) is 0 Å². The number of rotatable bonds is 5. The van der Waals surface area contributed by atoms with Crippen LogP contribution >= 0.6 is 0 Å². The second-order valence-corrected chi connectivity index (χ2v) is 4.44. The molecule has 0 radical (unpaired) electrons. The number of nitrogens with one attached hydrogen (secondary N) is 1. The molecule has 0 aliphatic rings. The van der Waals surface area contributed by atoms with Gasteiger partial charge in [-0.3, -0.25) is 0 Å². The average Bonchev–Trinajstić information content (AvgIpc) is 2.48. The maximum absolute atomic E-state index is 14.0. The first kappa shape index (κ1) is 14.3. The Morgan fingerprint density at radius 3 is 2.10 bits per heavy atom. The molecule has 2 rings (SSSR count). The van der Waals surface area contributed by atoms with Gasteiger partial charge in [0.1, 0.15) is 17.3 Å². The van der Waals surface area contributed by atoms with Crippen molar-refractivity contribution in [3.8, 4) is 22.6 Å². The molecular formula is C16H18FNO2.